The van der Waals surface area contributed by atoms with Gasteiger partial charge >= 0.3 is 0 Å². The summed E-state index contributed by atoms with van der Waals surface area (Å²) in [6.07, 6.45) is 3.54. The van der Waals surface area contributed by atoms with Gasteiger partial charge < -0.3 is 34.9 Å². The van der Waals surface area contributed by atoms with E-state index in [0.717, 1.165) is 0 Å². The van der Waals surface area contributed by atoms with Crippen LogP contribution in [0.15, 0.2) is 31.0 Å². The molecule has 0 unspecified atom stereocenters. The lowest BCUT2D eigenvalue weighted by atomic mass is 10.0. The summed E-state index contributed by atoms with van der Waals surface area (Å²) in [6.45, 7) is 5.43. The van der Waals surface area contributed by atoms with Crippen LogP contribution in [0.25, 0.3) is 22.3 Å². The Morgan fingerprint density at radius 2 is 1.90 bits per heavy atom. The lowest BCUT2D eigenvalue weighted by Gasteiger charge is -2.32. The molecule has 2 atom stereocenters. The highest BCUT2D eigenvalue weighted by Gasteiger charge is 2.27. The topological polar surface area (TPSA) is 129 Å². The van der Waals surface area contributed by atoms with E-state index in [2.05, 4.69) is 27.5 Å². The van der Waals surface area contributed by atoms with E-state index in [1.807, 2.05) is 6.07 Å². The van der Waals surface area contributed by atoms with Crippen molar-refractivity contribution in [2.24, 2.45) is 0 Å². The molecule has 13 heteroatoms. The van der Waals surface area contributed by atoms with Gasteiger partial charge in [-0.15, -0.1) is 0 Å². The van der Waals surface area contributed by atoms with Crippen molar-refractivity contribution in [3.8, 4) is 22.9 Å². The SMILES string of the molecule is C=CC(=O)N[C@H]1CCOC[C@H]1Nc1cc2c(NCCOC)nc(-c3c(Cl)c(OC)cc(OC)c3Cl)nc2cn1. The number of hydrogen-bond donors (Lipinski definition) is 3. The van der Waals surface area contributed by atoms with E-state index in [0.29, 0.717) is 72.4 Å². The minimum absolute atomic E-state index is 0.146. The maximum Gasteiger partial charge on any atom is 0.243 e. The summed E-state index contributed by atoms with van der Waals surface area (Å²) in [5, 5.41) is 10.8. The Balaban J connectivity index is 1.76. The van der Waals surface area contributed by atoms with Crippen LogP contribution in [0, 0.1) is 0 Å². The second kappa shape index (κ2) is 13.1. The van der Waals surface area contributed by atoms with Gasteiger partial charge in [0.1, 0.15) is 23.1 Å². The zero-order valence-electron chi connectivity index (χ0n) is 21.8. The number of halogens is 2. The van der Waals surface area contributed by atoms with Gasteiger partial charge in [0.15, 0.2) is 5.82 Å². The van der Waals surface area contributed by atoms with Crippen molar-refractivity contribution in [1.29, 1.82) is 0 Å². The Morgan fingerprint density at radius 3 is 2.56 bits per heavy atom. The highest BCUT2D eigenvalue weighted by molar-refractivity contribution is 6.41. The standard InChI is InChI=1S/C26H30Cl2N6O5/c1-5-21(35)32-15-6-8-39-13-17(15)31-20-10-14-16(12-30-20)33-26(34-25(14)29-7-9-36-2)22-23(27)18(37-3)11-19(38-4)24(22)28/h5,10-12,15,17H,1,6-9,13H2,2-4H3,(H,30,31)(H,32,35)(H,29,33,34)/t15-,17+/m0/s1. The molecule has 0 aliphatic carbocycles. The molecule has 1 aliphatic heterocycles. The van der Waals surface area contributed by atoms with Gasteiger partial charge in [0.25, 0.3) is 0 Å². The van der Waals surface area contributed by atoms with E-state index in [-0.39, 0.29) is 33.9 Å². The third kappa shape index (κ3) is 6.44. The molecule has 2 aromatic heterocycles. The molecule has 1 saturated heterocycles. The van der Waals surface area contributed by atoms with Gasteiger partial charge in [0.2, 0.25) is 5.91 Å². The van der Waals surface area contributed by atoms with E-state index >= 15 is 0 Å². The van der Waals surface area contributed by atoms with Gasteiger partial charge in [-0.05, 0) is 18.6 Å². The third-order valence-corrected chi connectivity index (χ3v) is 6.93. The normalized spacial score (nSPS) is 16.9. The number of methoxy groups -OCH3 is 3. The Labute approximate surface area is 236 Å². The number of carbonyl (C=O) groups is 1. The molecule has 3 aromatic rings. The quantitative estimate of drug-likeness (QED) is 0.228. The predicted molar refractivity (Wildman–Crippen MR) is 151 cm³/mol. The number of rotatable bonds is 11. The molecular formula is C26H30Cl2N6O5. The first-order valence-corrected chi connectivity index (χ1v) is 12.9. The molecule has 1 aliphatic rings. The lowest BCUT2D eigenvalue weighted by Crippen LogP contribution is -2.52. The number of aromatic nitrogens is 3. The van der Waals surface area contributed by atoms with Crippen molar-refractivity contribution < 1.29 is 23.7 Å². The van der Waals surface area contributed by atoms with Crippen molar-refractivity contribution in [3.05, 3.63) is 41.0 Å². The number of benzene rings is 1. The minimum Gasteiger partial charge on any atom is -0.495 e. The summed E-state index contributed by atoms with van der Waals surface area (Å²) in [6, 6.07) is 3.10. The molecule has 0 bridgehead atoms. The highest BCUT2D eigenvalue weighted by atomic mass is 35.5. The second-order valence-corrected chi connectivity index (χ2v) is 9.38. The largest absolute Gasteiger partial charge is 0.495 e. The molecule has 3 heterocycles. The van der Waals surface area contributed by atoms with Crippen molar-refractivity contribution in [2.45, 2.75) is 18.5 Å². The summed E-state index contributed by atoms with van der Waals surface area (Å²) >= 11 is 13.3. The number of pyridine rings is 1. The third-order valence-electron chi connectivity index (χ3n) is 6.18. The van der Waals surface area contributed by atoms with E-state index in [9.17, 15) is 4.79 Å². The average molecular weight is 577 g/mol. The average Bonchev–Trinajstić information content (AvgIpc) is 2.94. The second-order valence-electron chi connectivity index (χ2n) is 8.62. The zero-order valence-corrected chi connectivity index (χ0v) is 23.4. The molecule has 0 saturated carbocycles. The van der Waals surface area contributed by atoms with Crippen molar-refractivity contribution in [1.82, 2.24) is 20.3 Å². The number of anilines is 2. The maximum atomic E-state index is 11.9. The monoisotopic (exact) mass is 576 g/mol. The van der Waals surface area contributed by atoms with E-state index in [1.165, 1.54) is 20.3 Å². The maximum absolute atomic E-state index is 11.9. The summed E-state index contributed by atoms with van der Waals surface area (Å²) < 4.78 is 21.7. The fourth-order valence-corrected chi connectivity index (χ4v) is 4.87. The summed E-state index contributed by atoms with van der Waals surface area (Å²) in [7, 11) is 4.62. The van der Waals surface area contributed by atoms with E-state index in [4.69, 9.17) is 52.1 Å². The smallest absolute Gasteiger partial charge is 0.243 e. The number of ether oxygens (including phenoxy) is 4. The van der Waals surface area contributed by atoms with Gasteiger partial charge in [-0.2, -0.15) is 0 Å². The van der Waals surface area contributed by atoms with Crippen molar-refractivity contribution in [3.63, 3.8) is 0 Å². The first-order chi connectivity index (χ1) is 18.9. The molecule has 4 rings (SSSR count). The van der Waals surface area contributed by atoms with Gasteiger partial charge in [0, 0.05) is 31.7 Å². The predicted octanol–water partition coefficient (Wildman–Crippen LogP) is 3.95. The molecule has 1 aromatic carbocycles. The van der Waals surface area contributed by atoms with Gasteiger partial charge in [-0.1, -0.05) is 29.8 Å². The van der Waals surface area contributed by atoms with Gasteiger partial charge in [-0.3, -0.25) is 4.79 Å². The van der Waals surface area contributed by atoms with E-state index < -0.39 is 0 Å². The van der Waals surface area contributed by atoms with Crippen LogP contribution in [0.1, 0.15) is 6.42 Å². The Hall–Kier alpha value is -3.38. The Morgan fingerprint density at radius 1 is 1.15 bits per heavy atom. The number of carbonyl (C=O) groups excluding carboxylic acids is 1. The van der Waals surface area contributed by atoms with Crippen LogP contribution < -0.4 is 25.4 Å². The Kier molecular flexibility index (Phi) is 9.63. The van der Waals surface area contributed by atoms with Gasteiger partial charge in [-0.25, -0.2) is 15.0 Å². The number of hydrogen-bond acceptors (Lipinski definition) is 10. The number of amides is 1. The highest BCUT2D eigenvalue weighted by Crippen LogP contribution is 2.45. The van der Waals surface area contributed by atoms with Crippen molar-refractivity contribution >= 4 is 51.6 Å². The van der Waals surface area contributed by atoms with E-state index in [1.54, 1.807) is 19.4 Å². The van der Waals surface area contributed by atoms with Crippen molar-refractivity contribution in [2.75, 3.05) is 58.3 Å². The van der Waals surface area contributed by atoms with Crippen LogP contribution in [0.3, 0.4) is 0 Å². The number of nitrogens with one attached hydrogen (secondary N) is 3. The van der Waals surface area contributed by atoms with Crippen LogP contribution in [-0.4, -0.2) is 80.6 Å². The molecular weight excluding hydrogens is 547 g/mol. The van der Waals surface area contributed by atoms with Crippen LogP contribution in [-0.2, 0) is 14.3 Å². The van der Waals surface area contributed by atoms with Crippen LogP contribution >= 0.6 is 23.2 Å². The molecule has 0 spiro atoms. The summed E-state index contributed by atoms with van der Waals surface area (Å²) in [4.78, 5) is 26.0. The number of fused-ring (bicyclic) bond motifs is 1. The summed E-state index contributed by atoms with van der Waals surface area (Å²) in [5.41, 5.74) is 0.921. The molecule has 3 N–H and O–H groups in total. The van der Waals surface area contributed by atoms with Crippen LogP contribution in [0.4, 0.5) is 11.6 Å². The lowest BCUT2D eigenvalue weighted by molar-refractivity contribution is -0.117. The molecule has 11 nitrogen and oxygen atoms in total. The van der Waals surface area contributed by atoms with Crippen LogP contribution in [0.2, 0.25) is 10.0 Å². The van der Waals surface area contributed by atoms with Gasteiger partial charge in [0.05, 0.1) is 66.8 Å². The molecule has 208 valence electrons. The first kappa shape index (κ1) is 28.6. The molecule has 1 amide bonds. The fraction of sp³-hybridized carbons (Fsp3) is 0.385. The summed E-state index contributed by atoms with van der Waals surface area (Å²) in [5.74, 6) is 1.87. The minimum atomic E-state index is -0.239. The molecule has 39 heavy (non-hydrogen) atoms. The van der Waals surface area contributed by atoms with Crippen LogP contribution in [0.5, 0.6) is 11.5 Å². The molecule has 1 fully saturated rings. The first-order valence-electron chi connectivity index (χ1n) is 12.2. The fourth-order valence-electron chi connectivity index (χ4n) is 4.20. The Bertz CT molecular complexity index is 1330. The zero-order chi connectivity index (χ0) is 27.9. The number of nitrogens with zero attached hydrogens (tertiary/aromatic N) is 3. The molecule has 0 radical (unpaired) electrons.